The highest BCUT2D eigenvalue weighted by Gasteiger charge is 2.29. The molecular formula is C32H44FN5O5. The Morgan fingerprint density at radius 2 is 1.88 bits per heavy atom. The fraction of sp³-hybridized carbons (Fsp3) is 0.625. The van der Waals surface area contributed by atoms with Crippen LogP contribution in [0.25, 0.3) is 17.1 Å². The molecule has 0 bridgehead atoms. The summed E-state index contributed by atoms with van der Waals surface area (Å²) in [6, 6.07) is 3.28. The summed E-state index contributed by atoms with van der Waals surface area (Å²) < 4.78 is 28.7. The summed E-state index contributed by atoms with van der Waals surface area (Å²) in [5, 5.41) is 18.8. The highest BCUT2D eigenvalue weighted by Crippen LogP contribution is 2.32. The summed E-state index contributed by atoms with van der Waals surface area (Å²) in [5.74, 6) is -0.748. The van der Waals surface area contributed by atoms with Crippen LogP contribution in [0.2, 0.25) is 0 Å². The number of carbonyl (C=O) groups is 2. The van der Waals surface area contributed by atoms with E-state index in [-0.39, 0.29) is 29.9 Å². The lowest BCUT2D eigenvalue weighted by Crippen LogP contribution is -2.48. The van der Waals surface area contributed by atoms with Gasteiger partial charge >= 0.3 is 12.1 Å². The number of amides is 1. The van der Waals surface area contributed by atoms with Gasteiger partial charge in [-0.2, -0.15) is 0 Å². The monoisotopic (exact) mass is 597 g/mol. The molecule has 3 aliphatic rings. The van der Waals surface area contributed by atoms with Crippen LogP contribution in [0.15, 0.2) is 29.9 Å². The van der Waals surface area contributed by atoms with Crippen LogP contribution in [0, 0.1) is 23.6 Å². The van der Waals surface area contributed by atoms with E-state index in [2.05, 4.69) is 15.2 Å². The number of aliphatic hydroxyl groups excluding tert-OH is 1. The molecule has 234 valence electrons. The number of carbonyl (C=O) groups excluding carboxylic acids is 2. The van der Waals surface area contributed by atoms with Crippen molar-refractivity contribution in [3.05, 3.63) is 41.2 Å². The standard InChI is InChI=1S/C32H44FN5O5/c1-20-5-9-25(39)18-29(40)43-31(21(2)6-10-28(20)42-32(41)37-13-11-36(4)12-14-37)22(3)15-24-16-26(33)30-27(17-24)38(35-34-30)19-23-7-8-23/h6,10,15-17,20-21,23,25,28,31,39H,5,7-9,11-14,18-19H2,1-4H3/b10-6+,22-15+/t20-,21-,25+,28?,31-/m0/s1. The number of piperazine rings is 1. The van der Waals surface area contributed by atoms with Crippen LogP contribution < -0.4 is 0 Å². The van der Waals surface area contributed by atoms with E-state index in [1.807, 2.05) is 52.1 Å². The van der Waals surface area contributed by atoms with Crippen molar-refractivity contribution >= 4 is 29.2 Å². The van der Waals surface area contributed by atoms with Crippen LogP contribution in [-0.2, 0) is 20.8 Å². The Kier molecular flexibility index (Phi) is 9.81. The van der Waals surface area contributed by atoms with Gasteiger partial charge in [0, 0.05) is 38.6 Å². The number of nitrogens with zero attached hydrogens (tertiary/aromatic N) is 5. The first kappa shape index (κ1) is 31.1. The smallest absolute Gasteiger partial charge is 0.410 e. The van der Waals surface area contributed by atoms with Gasteiger partial charge in [-0.15, -0.1) is 5.10 Å². The molecule has 1 aliphatic carbocycles. The zero-order chi connectivity index (χ0) is 30.7. The lowest BCUT2D eigenvalue weighted by atomic mass is 9.91. The molecule has 1 saturated carbocycles. The second kappa shape index (κ2) is 13.5. The molecular weight excluding hydrogens is 553 g/mol. The number of cyclic esters (lactones) is 1. The summed E-state index contributed by atoms with van der Waals surface area (Å²) in [7, 11) is 2.03. The van der Waals surface area contributed by atoms with Gasteiger partial charge in [-0.1, -0.05) is 31.2 Å². The van der Waals surface area contributed by atoms with Crippen molar-refractivity contribution in [2.45, 2.75) is 77.7 Å². The van der Waals surface area contributed by atoms with Crippen LogP contribution in [0.1, 0.15) is 58.4 Å². The fourth-order valence-electron chi connectivity index (χ4n) is 5.79. The van der Waals surface area contributed by atoms with E-state index in [1.54, 1.807) is 9.58 Å². The quantitative estimate of drug-likeness (QED) is 0.399. The minimum Gasteiger partial charge on any atom is -0.457 e. The zero-order valence-corrected chi connectivity index (χ0v) is 25.6. The Balaban J connectivity index is 1.38. The number of likely N-dealkylation sites (N-methyl/N-ethyl adjacent to an activating group) is 1. The van der Waals surface area contributed by atoms with Gasteiger partial charge in [0.15, 0.2) is 5.82 Å². The van der Waals surface area contributed by atoms with Gasteiger partial charge in [0.05, 0.1) is 18.0 Å². The number of ether oxygens (including phenoxy) is 2. The predicted octanol–water partition coefficient (Wildman–Crippen LogP) is 4.42. The summed E-state index contributed by atoms with van der Waals surface area (Å²) in [4.78, 5) is 29.8. The third kappa shape index (κ3) is 8.00. The summed E-state index contributed by atoms with van der Waals surface area (Å²) in [6.45, 7) is 9.29. The van der Waals surface area contributed by atoms with Crippen molar-refractivity contribution in [2.24, 2.45) is 17.8 Å². The first-order valence-electron chi connectivity index (χ1n) is 15.5. The molecule has 1 N–H and O–H groups in total. The number of aromatic nitrogens is 3. The highest BCUT2D eigenvalue weighted by molar-refractivity contribution is 5.79. The van der Waals surface area contributed by atoms with E-state index in [0.29, 0.717) is 49.5 Å². The molecule has 1 saturated heterocycles. The molecule has 11 heteroatoms. The van der Waals surface area contributed by atoms with Gasteiger partial charge in [-0.3, -0.25) is 4.79 Å². The van der Waals surface area contributed by atoms with E-state index in [1.165, 1.54) is 6.07 Å². The van der Waals surface area contributed by atoms with Gasteiger partial charge in [0.25, 0.3) is 0 Å². The lowest BCUT2D eigenvalue weighted by molar-refractivity contribution is -0.151. The molecule has 1 unspecified atom stereocenters. The average molecular weight is 598 g/mol. The normalized spacial score (nSPS) is 29.1. The second-order valence-corrected chi connectivity index (χ2v) is 12.7. The van der Waals surface area contributed by atoms with E-state index in [0.717, 1.165) is 31.5 Å². The predicted molar refractivity (Wildman–Crippen MR) is 160 cm³/mol. The first-order valence-corrected chi connectivity index (χ1v) is 15.5. The molecule has 5 atom stereocenters. The van der Waals surface area contributed by atoms with E-state index in [9.17, 15) is 14.7 Å². The Morgan fingerprint density at radius 1 is 1.14 bits per heavy atom. The summed E-state index contributed by atoms with van der Waals surface area (Å²) in [5.41, 5.74) is 2.21. The van der Waals surface area contributed by atoms with Crippen LogP contribution in [0.3, 0.4) is 0 Å². The average Bonchev–Trinajstić information content (AvgIpc) is 3.70. The SMILES string of the molecule is C/C(=C\c1cc(F)c2nnn(CC3CC3)c2c1)[C@H]1OC(=O)C[C@H](O)CC[C@H](C)C(OC(=O)N2CCN(C)CC2)/C=C/[C@@H]1C. The second-order valence-electron chi connectivity index (χ2n) is 12.7. The fourth-order valence-corrected chi connectivity index (χ4v) is 5.79. The van der Waals surface area contributed by atoms with Crippen LogP contribution >= 0.6 is 0 Å². The van der Waals surface area contributed by atoms with Gasteiger partial charge < -0.3 is 24.4 Å². The van der Waals surface area contributed by atoms with Crippen molar-refractivity contribution in [3.63, 3.8) is 0 Å². The number of esters is 1. The number of fused-ring (bicyclic) bond motifs is 1. The van der Waals surface area contributed by atoms with Crippen molar-refractivity contribution in [1.29, 1.82) is 0 Å². The minimum atomic E-state index is -0.872. The number of benzene rings is 1. The molecule has 2 aromatic rings. The van der Waals surface area contributed by atoms with E-state index >= 15 is 4.39 Å². The molecule has 2 fully saturated rings. The number of rotatable bonds is 5. The Bertz CT molecular complexity index is 1360. The topological polar surface area (TPSA) is 110 Å². The molecule has 0 radical (unpaired) electrons. The largest absolute Gasteiger partial charge is 0.457 e. The number of halogens is 1. The van der Waals surface area contributed by atoms with Gasteiger partial charge in [-0.25, -0.2) is 13.9 Å². The third-order valence-electron chi connectivity index (χ3n) is 8.82. The maximum atomic E-state index is 15.0. The van der Waals surface area contributed by atoms with Gasteiger partial charge in [-0.05, 0) is 80.8 Å². The Labute approximate surface area is 252 Å². The number of aliphatic hydroxyl groups is 1. The van der Waals surface area contributed by atoms with Crippen LogP contribution in [-0.4, -0.2) is 93.5 Å². The Hall–Kier alpha value is -3.31. The maximum absolute atomic E-state index is 15.0. The van der Waals surface area contributed by atoms with Crippen molar-refractivity contribution < 1.29 is 28.6 Å². The molecule has 3 heterocycles. The summed E-state index contributed by atoms with van der Waals surface area (Å²) >= 11 is 0. The molecule has 1 amide bonds. The zero-order valence-electron chi connectivity index (χ0n) is 25.6. The van der Waals surface area contributed by atoms with Gasteiger partial charge in [0.2, 0.25) is 0 Å². The van der Waals surface area contributed by atoms with Crippen LogP contribution in [0.5, 0.6) is 0 Å². The Morgan fingerprint density at radius 3 is 2.60 bits per heavy atom. The van der Waals surface area contributed by atoms with Crippen molar-refractivity contribution in [1.82, 2.24) is 24.8 Å². The lowest BCUT2D eigenvalue weighted by Gasteiger charge is -2.33. The molecule has 10 nitrogen and oxygen atoms in total. The van der Waals surface area contributed by atoms with Crippen molar-refractivity contribution in [2.75, 3.05) is 33.2 Å². The minimum absolute atomic E-state index is 0.0659. The molecule has 0 spiro atoms. The van der Waals surface area contributed by atoms with Crippen molar-refractivity contribution in [3.8, 4) is 0 Å². The molecule has 5 rings (SSSR count). The molecule has 1 aromatic heterocycles. The maximum Gasteiger partial charge on any atom is 0.410 e. The van der Waals surface area contributed by atoms with E-state index < -0.39 is 30.1 Å². The van der Waals surface area contributed by atoms with Crippen LogP contribution in [0.4, 0.5) is 9.18 Å². The molecule has 1 aromatic carbocycles. The summed E-state index contributed by atoms with van der Waals surface area (Å²) in [6.07, 6.45) is 6.33. The third-order valence-corrected chi connectivity index (χ3v) is 8.82. The van der Waals surface area contributed by atoms with Gasteiger partial charge in [0.1, 0.15) is 17.7 Å². The highest BCUT2D eigenvalue weighted by atomic mass is 19.1. The number of hydrogen-bond donors (Lipinski definition) is 1. The molecule has 2 aliphatic heterocycles. The molecule has 43 heavy (non-hydrogen) atoms. The first-order chi connectivity index (χ1) is 20.6. The number of hydrogen-bond acceptors (Lipinski definition) is 8. The van der Waals surface area contributed by atoms with E-state index in [4.69, 9.17) is 9.47 Å².